The smallest absolute Gasteiger partial charge is 0.0608 e. The van der Waals surface area contributed by atoms with Gasteiger partial charge in [-0.1, -0.05) is 0 Å². The van der Waals surface area contributed by atoms with E-state index in [-0.39, 0.29) is 0 Å². The molecule has 1 aliphatic rings. The third-order valence-corrected chi connectivity index (χ3v) is 1.36. The van der Waals surface area contributed by atoms with Crippen LogP contribution < -0.4 is 16.0 Å². The molecular formula is C5H9N2O2-. The summed E-state index contributed by atoms with van der Waals surface area (Å²) in [4.78, 5) is 10.1. The van der Waals surface area contributed by atoms with Gasteiger partial charge in [0.05, 0.1) is 12.0 Å². The topological polar surface area (TPSA) is 64.2 Å². The summed E-state index contributed by atoms with van der Waals surface area (Å²) in [6.07, 6.45) is 1.56. The maximum Gasteiger partial charge on any atom is 0.0608 e. The highest BCUT2D eigenvalue weighted by Crippen LogP contribution is 1.97. The second-order valence-corrected chi connectivity index (χ2v) is 2.08. The average molecular weight is 129 g/mol. The summed E-state index contributed by atoms with van der Waals surface area (Å²) in [5, 5.41) is 10.1. The van der Waals surface area contributed by atoms with Crippen LogP contribution >= 0.6 is 0 Å². The fourth-order valence-electron chi connectivity index (χ4n) is 0.839. The zero-order valence-corrected chi connectivity index (χ0v) is 5.02. The van der Waals surface area contributed by atoms with E-state index in [2.05, 4.69) is 10.9 Å². The first-order chi connectivity index (χ1) is 4.30. The molecule has 0 amide bonds. The first-order valence-electron chi connectivity index (χ1n) is 3.00. The summed E-state index contributed by atoms with van der Waals surface area (Å²) in [7, 11) is 0. The van der Waals surface area contributed by atoms with Crippen LogP contribution in [-0.2, 0) is 4.79 Å². The van der Waals surface area contributed by atoms with Gasteiger partial charge in [0.2, 0.25) is 0 Å². The minimum absolute atomic E-state index is 0.501. The molecule has 1 heterocycles. The molecule has 0 aromatic rings. The Labute approximate surface area is 53.2 Å². The van der Waals surface area contributed by atoms with Gasteiger partial charge < -0.3 is 9.90 Å². The van der Waals surface area contributed by atoms with Gasteiger partial charge in [-0.25, -0.2) is 5.43 Å². The number of nitrogens with one attached hydrogen (secondary N) is 2. The van der Waals surface area contributed by atoms with Gasteiger partial charge in [0.1, 0.15) is 0 Å². The molecular weight excluding hydrogens is 120 g/mol. The Bertz CT molecular complexity index is 110. The van der Waals surface area contributed by atoms with Crippen molar-refractivity contribution in [2.24, 2.45) is 0 Å². The van der Waals surface area contributed by atoms with Crippen molar-refractivity contribution in [3.8, 4) is 0 Å². The number of hydrogen-bond acceptors (Lipinski definition) is 4. The Kier molecular flexibility index (Phi) is 2.02. The van der Waals surface area contributed by atoms with Crippen molar-refractivity contribution >= 4 is 5.97 Å². The molecule has 1 saturated heterocycles. The highest BCUT2D eigenvalue weighted by molar-refractivity contribution is 5.71. The highest BCUT2D eigenvalue weighted by atomic mass is 16.4. The van der Waals surface area contributed by atoms with E-state index in [1.54, 1.807) is 0 Å². The molecule has 0 spiro atoms. The summed E-state index contributed by atoms with van der Waals surface area (Å²) < 4.78 is 0. The SMILES string of the molecule is O=C([O-])C1CCCNN1. The van der Waals surface area contributed by atoms with Crippen LogP contribution in [0.1, 0.15) is 12.8 Å². The number of hydrazine groups is 1. The third-order valence-electron chi connectivity index (χ3n) is 1.36. The molecule has 0 aromatic carbocycles. The molecule has 1 unspecified atom stereocenters. The molecule has 0 radical (unpaired) electrons. The first-order valence-corrected chi connectivity index (χ1v) is 3.00. The molecule has 1 rings (SSSR count). The van der Waals surface area contributed by atoms with Crippen molar-refractivity contribution < 1.29 is 9.90 Å². The van der Waals surface area contributed by atoms with E-state index in [1.807, 2.05) is 0 Å². The van der Waals surface area contributed by atoms with Gasteiger partial charge in [-0.3, -0.25) is 5.43 Å². The van der Waals surface area contributed by atoms with E-state index in [9.17, 15) is 9.90 Å². The molecule has 4 nitrogen and oxygen atoms in total. The predicted molar refractivity (Wildman–Crippen MR) is 29.2 cm³/mol. The standard InChI is InChI=1S/C5H10N2O2/c8-5(9)4-2-1-3-6-7-4/h4,6-7H,1-3H2,(H,8,9)/p-1. The van der Waals surface area contributed by atoms with Crippen LogP contribution in [-0.4, -0.2) is 18.6 Å². The van der Waals surface area contributed by atoms with Gasteiger partial charge in [-0.2, -0.15) is 0 Å². The number of hydrogen-bond donors (Lipinski definition) is 2. The molecule has 4 heteroatoms. The highest BCUT2D eigenvalue weighted by Gasteiger charge is 2.11. The maximum absolute atomic E-state index is 10.1. The van der Waals surface area contributed by atoms with Crippen molar-refractivity contribution in [1.29, 1.82) is 0 Å². The predicted octanol–water partition coefficient (Wildman–Crippen LogP) is -2.01. The summed E-state index contributed by atoms with van der Waals surface area (Å²) in [6, 6.07) is -0.501. The van der Waals surface area contributed by atoms with E-state index in [0.29, 0.717) is 6.42 Å². The van der Waals surface area contributed by atoms with Gasteiger partial charge in [0.15, 0.2) is 0 Å². The molecule has 1 fully saturated rings. The minimum Gasteiger partial charge on any atom is -0.548 e. The second kappa shape index (κ2) is 2.80. The van der Waals surface area contributed by atoms with Crippen molar-refractivity contribution in [1.82, 2.24) is 10.9 Å². The Balaban J connectivity index is 2.31. The van der Waals surface area contributed by atoms with Crippen molar-refractivity contribution in [2.75, 3.05) is 6.54 Å². The first kappa shape index (κ1) is 6.51. The van der Waals surface area contributed by atoms with E-state index < -0.39 is 12.0 Å². The summed E-state index contributed by atoms with van der Waals surface area (Å²) >= 11 is 0. The average Bonchev–Trinajstić information content (AvgIpc) is 1.90. The van der Waals surface area contributed by atoms with Crippen LogP contribution in [0.25, 0.3) is 0 Å². The molecule has 1 aliphatic heterocycles. The molecule has 0 saturated carbocycles. The summed E-state index contributed by atoms with van der Waals surface area (Å²) in [6.45, 7) is 0.837. The molecule has 9 heavy (non-hydrogen) atoms. The Hall–Kier alpha value is -0.610. The van der Waals surface area contributed by atoms with Crippen LogP contribution in [0.3, 0.4) is 0 Å². The van der Waals surface area contributed by atoms with Gasteiger partial charge in [-0.05, 0) is 12.8 Å². The number of aliphatic carboxylic acids is 1. The number of rotatable bonds is 1. The van der Waals surface area contributed by atoms with Crippen LogP contribution in [0.5, 0.6) is 0 Å². The van der Waals surface area contributed by atoms with Gasteiger partial charge in [0.25, 0.3) is 0 Å². The molecule has 1 atom stereocenters. The Morgan fingerprint density at radius 3 is 2.78 bits per heavy atom. The lowest BCUT2D eigenvalue weighted by atomic mass is 10.1. The molecule has 0 aliphatic carbocycles. The monoisotopic (exact) mass is 129 g/mol. The zero-order chi connectivity index (χ0) is 6.69. The van der Waals surface area contributed by atoms with Crippen molar-refractivity contribution in [3.05, 3.63) is 0 Å². The fraction of sp³-hybridized carbons (Fsp3) is 0.800. The maximum atomic E-state index is 10.1. The minimum atomic E-state index is -1.03. The lowest BCUT2D eigenvalue weighted by Crippen LogP contribution is -2.54. The molecule has 2 N–H and O–H groups in total. The fourth-order valence-corrected chi connectivity index (χ4v) is 0.839. The zero-order valence-electron chi connectivity index (χ0n) is 5.02. The van der Waals surface area contributed by atoms with Crippen LogP contribution in [0.15, 0.2) is 0 Å². The van der Waals surface area contributed by atoms with E-state index in [1.165, 1.54) is 0 Å². The number of carbonyl (C=O) groups excluding carboxylic acids is 1. The Morgan fingerprint density at radius 1 is 1.67 bits per heavy atom. The number of carboxylic acid groups (broad SMARTS) is 1. The van der Waals surface area contributed by atoms with E-state index >= 15 is 0 Å². The molecule has 0 bridgehead atoms. The molecule has 0 aromatic heterocycles. The van der Waals surface area contributed by atoms with E-state index in [4.69, 9.17) is 0 Å². The quantitative estimate of drug-likeness (QED) is 0.429. The number of carbonyl (C=O) groups is 1. The second-order valence-electron chi connectivity index (χ2n) is 2.08. The third kappa shape index (κ3) is 1.65. The normalized spacial score (nSPS) is 27.8. The lowest BCUT2D eigenvalue weighted by molar-refractivity contribution is -0.309. The van der Waals surface area contributed by atoms with Crippen molar-refractivity contribution in [2.45, 2.75) is 18.9 Å². The van der Waals surface area contributed by atoms with Crippen LogP contribution in [0, 0.1) is 0 Å². The van der Waals surface area contributed by atoms with Gasteiger partial charge >= 0.3 is 0 Å². The van der Waals surface area contributed by atoms with Gasteiger partial charge in [-0.15, -0.1) is 0 Å². The van der Waals surface area contributed by atoms with Gasteiger partial charge in [0, 0.05) is 6.54 Å². The van der Waals surface area contributed by atoms with E-state index in [0.717, 1.165) is 13.0 Å². The van der Waals surface area contributed by atoms with Crippen LogP contribution in [0.2, 0.25) is 0 Å². The van der Waals surface area contributed by atoms with Crippen molar-refractivity contribution in [3.63, 3.8) is 0 Å². The Morgan fingerprint density at radius 2 is 2.44 bits per heavy atom. The summed E-state index contributed by atoms with van der Waals surface area (Å²) in [5.74, 6) is -1.03. The largest absolute Gasteiger partial charge is 0.548 e. The summed E-state index contributed by atoms with van der Waals surface area (Å²) in [5.41, 5.74) is 5.35. The number of carboxylic acids is 1. The lowest BCUT2D eigenvalue weighted by Gasteiger charge is -2.24. The molecule has 52 valence electrons. The van der Waals surface area contributed by atoms with Crippen LogP contribution in [0.4, 0.5) is 0 Å².